The number of hydrogen-bond donors (Lipinski definition) is 2. The van der Waals surface area contributed by atoms with Crippen LogP contribution in [0.1, 0.15) is 130 Å². The smallest absolute Gasteiger partial charge is 0.326 e. The Labute approximate surface area is 263 Å². The zero-order valence-corrected chi connectivity index (χ0v) is 29.8. The van der Waals surface area contributed by atoms with E-state index in [0.717, 1.165) is 24.0 Å². The van der Waals surface area contributed by atoms with Gasteiger partial charge in [0.1, 0.15) is 6.04 Å². The normalized spacial score (nSPS) is 15.0. The fraction of sp³-hybridized carbons (Fsp3) is 0.595. The second-order valence-corrected chi connectivity index (χ2v) is 12.1. The van der Waals surface area contributed by atoms with Crippen molar-refractivity contribution in [1.29, 1.82) is 0 Å². The first-order chi connectivity index (χ1) is 19.8. The fourth-order valence-electron chi connectivity index (χ4n) is 4.27. The SMILES string of the molecule is CC.CCC(CC)c1ccc(C(=O)N(C)C(C)C(=O)O)c(C)c1.C\C=C(C)/C=C\C(=C\C)C(=O)C(C)C(C)(O)C(C)(C)C. The van der Waals surface area contributed by atoms with Crippen LogP contribution >= 0.6 is 0 Å². The molecule has 3 atom stereocenters. The summed E-state index contributed by atoms with van der Waals surface area (Å²) in [7, 11) is 1.52. The molecular formula is C37H61NO5. The van der Waals surface area contributed by atoms with E-state index in [9.17, 15) is 19.5 Å². The van der Waals surface area contributed by atoms with E-state index in [1.54, 1.807) is 19.9 Å². The van der Waals surface area contributed by atoms with E-state index in [-0.39, 0.29) is 17.1 Å². The number of aliphatic hydroxyl groups is 1. The van der Waals surface area contributed by atoms with Gasteiger partial charge in [-0.2, -0.15) is 0 Å². The topological polar surface area (TPSA) is 94.9 Å². The van der Waals surface area contributed by atoms with E-state index in [2.05, 4.69) is 13.8 Å². The number of ketones is 1. The van der Waals surface area contributed by atoms with Gasteiger partial charge in [0.25, 0.3) is 5.91 Å². The van der Waals surface area contributed by atoms with E-state index in [4.69, 9.17) is 5.11 Å². The number of carbonyl (C=O) groups excluding carboxylic acids is 2. The highest BCUT2D eigenvalue weighted by Crippen LogP contribution is 2.37. The molecule has 43 heavy (non-hydrogen) atoms. The maximum Gasteiger partial charge on any atom is 0.326 e. The zero-order valence-electron chi connectivity index (χ0n) is 29.8. The monoisotopic (exact) mass is 599 g/mol. The van der Waals surface area contributed by atoms with Crippen molar-refractivity contribution in [3.05, 3.63) is 70.3 Å². The van der Waals surface area contributed by atoms with E-state index in [0.29, 0.717) is 17.1 Å². The summed E-state index contributed by atoms with van der Waals surface area (Å²) in [5.41, 5.74) is 3.04. The van der Waals surface area contributed by atoms with Gasteiger partial charge in [0.15, 0.2) is 5.78 Å². The third-order valence-electron chi connectivity index (χ3n) is 8.53. The van der Waals surface area contributed by atoms with Crippen LogP contribution in [0.15, 0.2) is 53.6 Å². The average Bonchev–Trinajstić information content (AvgIpc) is 2.96. The van der Waals surface area contributed by atoms with Crippen LogP contribution in [-0.2, 0) is 9.59 Å². The highest BCUT2D eigenvalue weighted by molar-refractivity contribution is 6.00. The minimum atomic E-state index is -1.05. The third-order valence-corrected chi connectivity index (χ3v) is 8.53. The highest BCUT2D eigenvalue weighted by atomic mass is 16.4. The molecule has 0 aromatic heterocycles. The van der Waals surface area contributed by atoms with Gasteiger partial charge in [-0.15, -0.1) is 0 Å². The molecule has 1 rings (SSSR count). The minimum absolute atomic E-state index is 0.0208. The number of aliphatic carboxylic acids is 1. The summed E-state index contributed by atoms with van der Waals surface area (Å²) in [6.45, 7) is 26.9. The van der Waals surface area contributed by atoms with Crippen LogP contribution in [-0.4, -0.2) is 51.5 Å². The van der Waals surface area contributed by atoms with E-state index < -0.39 is 23.5 Å². The third kappa shape index (κ3) is 12.3. The number of carbonyl (C=O) groups is 3. The summed E-state index contributed by atoms with van der Waals surface area (Å²) in [6.07, 6.45) is 9.68. The predicted molar refractivity (Wildman–Crippen MR) is 182 cm³/mol. The summed E-state index contributed by atoms with van der Waals surface area (Å²) in [5, 5.41) is 19.7. The molecule has 0 aliphatic heterocycles. The highest BCUT2D eigenvalue weighted by Gasteiger charge is 2.43. The van der Waals surface area contributed by atoms with E-state index >= 15 is 0 Å². The first-order valence-corrected chi connectivity index (χ1v) is 15.7. The molecule has 3 unspecified atom stereocenters. The maximum absolute atomic E-state index is 12.6. The Morgan fingerprint density at radius 3 is 1.84 bits per heavy atom. The van der Waals surface area contributed by atoms with Gasteiger partial charge in [-0.25, -0.2) is 4.79 Å². The van der Waals surface area contributed by atoms with Crippen LogP contribution in [0.25, 0.3) is 0 Å². The zero-order chi connectivity index (χ0) is 34.3. The minimum Gasteiger partial charge on any atom is -0.480 e. The van der Waals surface area contributed by atoms with Crippen molar-refractivity contribution >= 4 is 17.7 Å². The van der Waals surface area contributed by atoms with Gasteiger partial charge >= 0.3 is 5.97 Å². The Morgan fingerprint density at radius 2 is 1.47 bits per heavy atom. The maximum atomic E-state index is 12.6. The largest absolute Gasteiger partial charge is 0.480 e. The van der Waals surface area contributed by atoms with Crippen molar-refractivity contribution in [3.63, 3.8) is 0 Å². The van der Waals surface area contributed by atoms with Crippen molar-refractivity contribution < 1.29 is 24.6 Å². The molecule has 0 fully saturated rings. The molecule has 1 aromatic carbocycles. The lowest BCUT2D eigenvalue weighted by Crippen LogP contribution is -2.48. The summed E-state index contributed by atoms with van der Waals surface area (Å²) >= 11 is 0. The van der Waals surface area contributed by atoms with Gasteiger partial charge in [0.2, 0.25) is 0 Å². The van der Waals surface area contributed by atoms with Crippen molar-refractivity contribution in [1.82, 2.24) is 4.90 Å². The number of hydrogen-bond acceptors (Lipinski definition) is 4. The lowest BCUT2D eigenvalue weighted by molar-refractivity contribution is -0.141. The Morgan fingerprint density at radius 1 is 0.953 bits per heavy atom. The molecule has 0 saturated carbocycles. The van der Waals surface area contributed by atoms with Crippen LogP contribution in [0.4, 0.5) is 0 Å². The van der Waals surface area contributed by atoms with Gasteiger partial charge in [-0.05, 0) is 82.9 Å². The Hall–Kier alpha value is -2.99. The molecule has 244 valence electrons. The van der Waals surface area contributed by atoms with Crippen molar-refractivity contribution in [2.75, 3.05) is 7.05 Å². The lowest BCUT2D eigenvalue weighted by Gasteiger charge is -2.41. The molecule has 1 amide bonds. The van der Waals surface area contributed by atoms with Gasteiger partial charge in [0, 0.05) is 24.1 Å². The number of Topliss-reactive ketones (excluding diaryl/α,β-unsaturated/α-hetero) is 1. The fourth-order valence-corrected chi connectivity index (χ4v) is 4.27. The van der Waals surface area contributed by atoms with Crippen molar-refractivity contribution in [2.45, 2.75) is 127 Å². The molecule has 0 radical (unpaired) electrons. The van der Waals surface area contributed by atoms with Crippen LogP contribution in [0, 0.1) is 18.3 Å². The number of rotatable bonds is 11. The van der Waals surface area contributed by atoms with Crippen molar-refractivity contribution in [2.24, 2.45) is 11.3 Å². The summed E-state index contributed by atoms with van der Waals surface area (Å²) in [4.78, 5) is 37.2. The molecule has 6 heteroatoms. The van der Waals surface area contributed by atoms with Gasteiger partial charge < -0.3 is 15.1 Å². The lowest BCUT2D eigenvalue weighted by atomic mass is 9.68. The second kappa shape index (κ2) is 19.3. The molecule has 0 aliphatic carbocycles. The quantitative estimate of drug-likeness (QED) is 0.196. The summed E-state index contributed by atoms with van der Waals surface area (Å²) < 4.78 is 0. The number of amides is 1. The number of carboxylic acid groups (broad SMARTS) is 1. The second-order valence-electron chi connectivity index (χ2n) is 12.1. The molecular weight excluding hydrogens is 538 g/mol. The molecule has 0 saturated heterocycles. The first-order valence-electron chi connectivity index (χ1n) is 15.7. The van der Waals surface area contributed by atoms with Crippen LogP contribution in [0.3, 0.4) is 0 Å². The van der Waals surface area contributed by atoms with Gasteiger partial charge in [-0.3, -0.25) is 9.59 Å². The first kappa shape index (κ1) is 42.1. The summed E-state index contributed by atoms with van der Waals surface area (Å²) in [6, 6.07) is 5.01. The Bertz CT molecular complexity index is 1130. The van der Waals surface area contributed by atoms with Crippen molar-refractivity contribution in [3.8, 4) is 0 Å². The average molecular weight is 600 g/mol. The molecule has 0 bridgehead atoms. The van der Waals surface area contributed by atoms with Gasteiger partial charge in [-0.1, -0.05) is 97.4 Å². The van der Waals surface area contributed by atoms with Gasteiger partial charge in [0.05, 0.1) is 5.60 Å². The molecule has 6 nitrogen and oxygen atoms in total. The molecule has 1 aromatic rings. The number of aryl methyl sites for hydroxylation is 1. The number of likely N-dealkylation sites (N-methyl/N-ethyl adjacent to an activating group) is 1. The van der Waals surface area contributed by atoms with Crippen LogP contribution in [0.2, 0.25) is 0 Å². The number of carboxylic acids is 1. The molecule has 0 spiro atoms. The van der Waals surface area contributed by atoms with E-state index in [1.165, 1.54) is 24.4 Å². The number of nitrogens with zero attached hydrogens (tertiary/aromatic N) is 1. The molecule has 0 heterocycles. The van der Waals surface area contributed by atoms with Crippen LogP contribution < -0.4 is 0 Å². The number of benzene rings is 1. The Balaban J connectivity index is 0. The summed E-state index contributed by atoms with van der Waals surface area (Å²) in [5.74, 6) is -1.23. The van der Waals surface area contributed by atoms with E-state index in [1.807, 2.05) is 98.7 Å². The van der Waals surface area contributed by atoms with Crippen LogP contribution in [0.5, 0.6) is 0 Å². The number of allylic oxidation sites excluding steroid dienone is 6. The molecule has 0 aliphatic rings. The predicted octanol–water partition coefficient (Wildman–Crippen LogP) is 8.93. The standard InChI is InChI=1S/C18H30O2.C17H25NO3.C2H6/c1-9-13(3)11-12-15(10-2)16(19)14(4)18(8,20)17(5,6)7;1-6-13(7-2)14-8-9-15(11(3)10-14)16(19)18(5)12(4)17(20)21;1-2/h9-12,14,20H,1-8H3;8-10,12-13H,6-7H2,1-5H3,(H,20,21);1-2H3/b12-11-,13-9-,15-10-;;. The Kier molecular flexibility index (Phi) is 18.9. The molecule has 2 N–H and O–H groups in total.